The molecule has 0 aromatic heterocycles. The van der Waals surface area contributed by atoms with Crippen LogP contribution < -0.4 is 4.74 Å². The van der Waals surface area contributed by atoms with Gasteiger partial charge in [-0.05, 0) is 57.1 Å². The van der Waals surface area contributed by atoms with Crippen molar-refractivity contribution in [3.05, 3.63) is 66.3 Å². The van der Waals surface area contributed by atoms with Crippen LogP contribution in [-0.4, -0.2) is 29.8 Å². The molecule has 1 N–H and O–H groups in total. The fourth-order valence-corrected chi connectivity index (χ4v) is 3.38. The van der Waals surface area contributed by atoms with Crippen LogP contribution in [0.3, 0.4) is 0 Å². The normalized spacial score (nSPS) is 12.6. The third kappa shape index (κ3) is 13.8. The minimum atomic E-state index is -1.13. The molecule has 0 aliphatic carbocycles. The second kappa shape index (κ2) is 19.8. The van der Waals surface area contributed by atoms with Crippen LogP contribution in [0.5, 0.6) is 5.75 Å². The first-order valence-electron chi connectivity index (χ1n) is 12.7. The van der Waals surface area contributed by atoms with Crippen LogP contribution >= 0.6 is 0 Å². The van der Waals surface area contributed by atoms with E-state index in [-0.39, 0.29) is 11.3 Å². The van der Waals surface area contributed by atoms with Gasteiger partial charge >= 0.3 is 11.9 Å². The highest BCUT2D eigenvalue weighted by Crippen LogP contribution is 2.19. The molecule has 0 amide bonds. The van der Waals surface area contributed by atoms with Gasteiger partial charge in [-0.15, -0.1) is 0 Å². The van der Waals surface area contributed by atoms with Crippen LogP contribution in [0.15, 0.2) is 60.7 Å². The quantitative estimate of drug-likeness (QED) is 0.0971. The molecule has 0 aliphatic rings. The van der Waals surface area contributed by atoms with Crippen LogP contribution in [0.4, 0.5) is 0 Å². The molecule has 1 atom stereocenters. The molecule has 34 heavy (non-hydrogen) atoms. The first-order valence-corrected chi connectivity index (χ1v) is 12.7. The number of rotatable bonds is 19. The molecule has 0 radical (unpaired) electrons. The number of carboxylic acids is 1. The predicted octanol–water partition coefficient (Wildman–Crippen LogP) is 7.67. The van der Waals surface area contributed by atoms with Crippen LogP contribution in [-0.2, 0) is 9.53 Å². The van der Waals surface area contributed by atoms with Gasteiger partial charge in [-0.3, -0.25) is 0 Å². The van der Waals surface area contributed by atoms with Gasteiger partial charge in [0.05, 0.1) is 0 Å². The monoisotopic (exact) mass is 470 g/mol. The van der Waals surface area contributed by atoms with Gasteiger partial charge < -0.3 is 14.6 Å². The Kier molecular flexibility index (Phi) is 17.1. The summed E-state index contributed by atoms with van der Waals surface area (Å²) in [4.78, 5) is 23.6. The fourth-order valence-electron chi connectivity index (χ4n) is 3.38. The summed E-state index contributed by atoms with van der Waals surface area (Å²) in [5.41, 5.74) is -0.0338. The molecule has 0 fully saturated rings. The minimum Gasteiger partial charge on any atom is -0.478 e. The summed E-state index contributed by atoms with van der Waals surface area (Å²) in [6, 6.07) is 6.13. The van der Waals surface area contributed by atoms with Gasteiger partial charge in [0.2, 0.25) is 0 Å². The summed E-state index contributed by atoms with van der Waals surface area (Å²) in [6.45, 7) is 4.50. The smallest absolute Gasteiger partial charge is 0.340 e. The average Bonchev–Trinajstić information content (AvgIpc) is 2.83. The number of carboxylic acid groups (broad SMARTS) is 1. The zero-order valence-corrected chi connectivity index (χ0v) is 20.9. The lowest BCUT2D eigenvalue weighted by molar-refractivity contribution is -0.147. The van der Waals surface area contributed by atoms with Gasteiger partial charge in [-0.1, -0.05) is 88.1 Å². The van der Waals surface area contributed by atoms with E-state index in [1.165, 1.54) is 31.4 Å². The summed E-state index contributed by atoms with van der Waals surface area (Å²) in [6.07, 6.45) is 24.2. The van der Waals surface area contributed by atoms with E-state index in [0.29, 0.717) is 13.0 Å². The third-order valence-electron chi connectivity index (χ3n) is 5.33. The number of unbranched alkanes of at least 4 members (excludes halogenated alkanes) is 6. The highest BCUT2D eigenvalue weighted by molar-refractivity contribution is 5.92. The Bertz CT molecular complexity index is 778. The number of hydrogen-bond acceptors (Lipinski definition) is 4. The number of aromatic carboxylic acids is 1. The molecule has 1 rings (SSSR count). The minimum absolute atomic E-state index is 0.0338. The maximum atomic E-state index is 12.4. The van der Waals surface area contributed by atoms with Crippen molar-refractivity contribution >= 4 is 11.9 Å². The summed E-state index contributed by atoms with van der Waals surface area (Å²) < 4.78 is 11.0. The largest absolute Gasteiger partial charge is 0.478 e. The summed E-state index contributed by atoms with van der Waals surface area (Å²) in [7, 11) is 0. The standard InChI is InChI=1S/C29H42O5/c1-3-5-6-7-8-9-10-11-12-13-14-15-16-17-18-21-24-33-26(4-2)29(32)34-27-23-20-19-22-25(27)28(30)31/h5-6,8-9,11-12,19-20,22-23,26H,3-4,7,10,13-18,21,24H2,1-2H3,(H,30,31)/b6-5-,9-8-,12-11-. The number of allylic oxidation sites excluding steroid dienone is 6. The van der Waals surface area contributed by atoms with E-state index < -0.39 is 18.0 Å². The summed E-state index contributed by atoms with van der Waals surface area (Å²) in [5.74, 6) is -1.63. The van der Waals surface area contributed by atoms with Crippen molar-refractivity contribution in [3.63, 3.8) is 0 Å². The molecule has 1 unspecified atom stereocenters. The van der Waals surface area contributed by atoms with Gasteiger partial charge in [0, 0.05) is 6.61 Å². The zero-order valence-electron chi connectivity index (χ0n) is 20.9. The molecule has 5 heteroatoms. The van der Waals surface area contributed by atoms with E-state index >= 15 is 0 Å². The van der Waals surface area contributed by atoms with E-state index in [2.05, 4.69) is 43.4 Å². The second-order valence-electron chi connectivity index (χ2n) is 8.19. The van der Waals surface area contributed by atoms with Crippen molar-refractivity contribution in [1.82, 2.24) is 0 Å². The van der Waals surface area contributed by atoms with Crippen molar-refractivity contribution in [1.29, 1.82) is 0 Å². The van der Waals surface area contributed by atoms with E-state index in [4.69, 9.17) is 9.47 Å². The van der Waals surface area contributed by atoms with Crippen molar-refractivity contribution in [3.8, 4) is 5.75 Å². The van der Waals surface area contributed by atoms with Crippen LogP contribution in [0, 0.1) is 0 Å². The molecule has 0 spiro atoms. The molecular weight excluding hydrogens is 428 g/mol. The first kappa shape index (κ1) is 29.4. The number of hydrogen-bond donors (Lipinski definition) is 1. The van der Waals surface area contributed by atoms with Crippen LogP contribution in [0.2, 0.25) is 0 Å². The average molecular weight is 471 g/mol. The number of para-hydroxylation sites is 1. The van der Waals surface area contributed by atoms with E-state index in [9.17, 15) is 14.7 Å². The van der Waals surface area contributed by atoms with Crippen molar-refractivity contribution < 1.29 is 24.2 Å². The number of ether oxygens (including phenoxy) is 2. The first-order chi connectivity index (χ1) is 16.6. The van der Waals surface area contributed by atoms with E-state index in [1.807, 2.05) is 6.92 Å². The maximum absolute atomic E-state index is 12.4. The maximum Gasteiger partial charge on any atom is 0.340 e. The Labute approximate surface area is 205 Å². The zero-order chi connectivity index (χ0) is 24.9. The second-order valence-corrected chi connectivity index (χ2v) is 8.19. The molecule has 188 valence electrons. The molecule has 1 aromatic carbocycles. The molecule has 0 saturated carbocycles. The molecule has 1 aromatic rings. The summed E-state index contributed by atoms with van der Waals surface area (Å²) >= 11 is 0. The third-order valence-corrected chi connectivity index (χ3v) is 5.33. The molecule has 0 saturated heterocycles. The topological polar surface area (TPSA) is 72.8 Å². The molecule has 5 nitrogen and oxygen atoms in total. The van der Waals surface area contributed by atoms with Crippen molar-refractivity contribution in [2.75, 3.05) is 6.61 Å². The highest BCUT2D eigenvalue weighted by atomic mass is 16.6. The molecular formula is C29H42O5. The number of benzene rings is 1. The Balaban J connectivity index is 2.08. The lowest BCUT2D eigenvalue weighted by Gasteiger charge is -2.16. The molecule has 0 heterocycles. The summed E-state index contributed by atoms with van der Waals surface area (Å²) in [5, 5.41) is 9.21. The van der Waals surface area contributed by atoms with Gasteiger partial charge in [0.25, 0.3) is 0 Å². The molecule has 0 bridgehead atoms. The SMILES string of the molecule is CC/C=C\C/C=C\C/C=C\CCCCCCCCOC(CC)C(=O)Oc1ccccc1C(=O)O. The van der Waals surface area contributed by atoms with Crippen molar-refractivity contribution in [2.24, 2.45) is 0 Å². The van der Waals surface area contributed by atoms with E-state index in [1.54, 1.807) is 12.1 Å². The van der Waals surface area contributed by atoms with Crippen molar-refractivity contribution in [2.45, 2.75) is 90.6 Å². The van der Waals surface area contributed by atoms with Gasteiger partial charge in [0.1, 0.15) is 11.3 Å². The Morgan fingerprint density at radius 3 is 2.15 bits per heavy atom. The Hall–Kier alpha value is -2.66. The van der Waals surface area contributed by atoms with Gasteiger partial charge in [-0.2, -0.15) is 0 Å². The number of carbonyl (C=O) groups excluding carboxylic acids is 1. The van der Waals surface area contributed by atoms with Crippen LogP contribution in [0.1, 0.15) is 94.8 Å². The number of esters is 1. The van der Waals surface area contributed by atoms with Gasteiger partial charge in [-0.25, -0.2) is 9.59 Å². The molecule has 0 aliphatic heterocycles. The fraction of sp³-hybridized carbons (Fsp3) is 0.517. The van der Waals surface area contributed by atoms with E-state index in [0.717, 1.165) is 44.9 Å². The number of carbonyl (C=O) groups is 2. The Morgan fingerprint density at radius 1 is 0.853 bits per heavy atom. The lowest BCUT2D eigenvalue weighted by Crippen LogP contribution is -2.29. The Morgan fingerprint density at radius 2 is 1.47 bits per heavy atom. The van der Waals surface area contributed by atoms with Gasteiger partial charge in [0.15, 0.2) is 6.10 Å². The highest BCUT2D eigenvalue weighted by Gasteiger charge is 2.21. The lowest BCUT2D eigenvalue weighted by atomic mass is 10.1. The predicted molar refractivity (Wildman–Crippen MR) is 138 cm³/mol. The van der Waals surface area contributed by atoms with Crippen LogP contribution in [0.25, 0.3) is 0 Å².